The van der Waals surface area contributed by atoms with E-state index in [1.807, 2.05) is 6.92 Å². The molecule has 4 nitrogen and oxygen atoms in total. The Morgan fingerprint density at radius 2 is 1.82 bits per heavy atom. The second-order valence-electron chi connectivity index (χ2n) is 6.67. The van der Waals surface area contributed by atoms with E-state index in [9.17, 15) is 13.5 Å². The van der Waals surface area contributed by atoms with Gasteiger partial charge >= 0.3 is 0 Å². The summed E-state index contributed by atoms with van der Waals surface area (Å²) in [4.78, 5) is 0. The van der Waals surface area contributed by atoms with Gasteiger partial charge in [-0.2, -0.15) is 0 Å². The molecule has 3 atom stereocenters. The normalized spacial score (nSPS) is 23.9. The van der Waals surface area contributed by atoms with Crippen LogP contribution in [-0.2, 0) is 10.0 Å². The van der Waals surface area contributed by atoms with Crippen molar-refractivity contribution in [2.75, 3.05) is 6.54 Å². The van der Waals surface area contributed by atoms with Crippen LogP contribution in [-0.4, -0.2) is 31.4 Å². The highest BCUT2D eigenvalue weighted by Crippen LogP contribution is 2.34. The summed E-state index contributed by atoms with van der Waals surface area (Å²) in [5.41, 5.74) is 2.41. The molecule has 22 heavy (non-hydrogen) atoms. The van der Waals surface area contributed by atoms with Crippen molar-refractivity contribution >= 4 is 10.0 Å². The molecule has 3 unspecified atom stereocenters. The lowest BCUT2D eigenvalue weighted by Gasteiger charge is -2.16. The molecule has 0 heterocycles. The van der Waals surface area contributed by atoms with E-state index in [4.69, 9.17) is 0 Å². The number of sulfonamides is 1. The van der Waals surface area contributed by atoms with Gasteiger partial charge in [0, 0.05) is 6.54 Å². The number of aliphatic hydroxyl groups is 1. The average molecular weight is 325 g/mol. The van der Waals surface area contributed by atoms with Gasteiger partial charge < -0.3 is 5.11 Å². The highest BCUT2D eigenvalue weighted by atomic mass is 32.2. The highest BCUT2D eigenvalue weighted by Gasteiger charge is 2.24. The maximum absolute atomic E-state index is 11.8. The van der Waals surface area contributed by atoms with Crippen LogP contribution < -0.4 is 4.72 Å². The Morgan fingerprint density at radius 3 is 2.32 bits per heavy atom. The molecule has 0 spiro atoms. The number of aliphatic hydroxyl groups excluding tert-OH is 1. The lowest BCUT2D eigenvalue weighted by Crippen LogP contribution is -2.33. The van der Waals surface area contributed by atoms with Crippen LogP contribution in [0.15, 0.2) is 24.3 Å². The van der Waals surface area contributed by atoms with Crippen molar-refractivity contribution in [3.05, 3.63) is 35.4 Å². The number of rotatable bonds is 6. The summed E-state index contributed by atoms with van der Waals surface area (Å²) in [6.07, 6.45) is 2.63. The van der Waals surface area contributed by atoms with Gasteiger partial charge in [0.05, 0.1) is 11.4 Å². The molecule has 1 saturated carbocycles. The summed E-state index contributed by atoms with van der Waals surface area (Å²) in [5, 5.41) is 9.22. The first-order chi connectivity index (χ1) is 10.3. The van der Waals surface area contributed by atoms with E-state index in [2.05, 4.69) is 29.0 Å². The second kappa shape index (κ2) is 7.11. The SMILES string of the molecule is CC(CNS(=O)(=O)C(C)C)c1ccc(C2CCC(O)C2)cc1. The zero-order valence-electron chi connectivity index (χ0n) is 13.6. The molecule has 0 radical (unpaired) electrons. The van der Waals surface area contributed by atoms with Crippen LogP contribution in [0.25, 0.3) is 0 Å². The van der Waals surface area contributed by atoms with E-state index < -0.39 is 15.3 Å². The molecule has 2 rings (SSSR count). The van der Waals surface area contributed by atoms with Crippen molar-refractivity contribution in [3.63, 3.8) is 0 Å². The maximum Gasteiger partial charge on any atom is 0.213 e. The minimum Gasteiger partial charge on any atom is -0.393 e. The van der Waals surface area contributed by atoms with Crippen LogP contribution in [0.3, 0.4) is 0 Å². The molecule has 0 aromatic heterocycles. The fourth-order valence-corrected chi connectivity index (χ4v) is 3.70. The van der Waals surface area contributed by atoms with Gasteiger partial charge in [-0.15, -0.1) is 0 Å². The molecule has 0 aliphatic heterocycles. The monoisotopic (exact) mass is 325 g/mol. The highest BCUT2D eigenvalue weighted by molar-refractivity contribution is 7.90. The van der Waals surface area contributed by atoms with Gasteiger partial charge in [0.1, 0.15) is 0 Å². The first-order valence-electron chi connectivity index (χ1n) is 8.06. The molecule has 1 aliphatic carbocycles. The lowest BCUT2D eigenvalue weighted by molar-refractivity contribution is 0.181. The standard InChI is InChI=1S/C17H27NO3S/c1-12(2)22(20,21)18-11-13(3)14-4-6-15(7-5-14)16-8-9-17(19)10-16/h4-7,12-13,16-19H,8-11H2,1-3H3. The summed E-state index contributed by atoms with van der Waals surface area (Å²) in [6, 6.07) is 8.39. The van der Waals surface area contributed by atoms with Crippen molar-refractivity contribution in [2.24, 2.45) is 0 Å². The zero-order chi connectivity index (χ0) is 16.3. The fraction of sp³-hybridized carbons (Fsp3) is 0.647. The Hall–Kier alpha value is -0.910. The summed E-state index contributed by atoms with van der Waals surface area (Å²) in [6.45, 7) is 5.80. The Labute approximate surface area is 134 Å². The Kier molecular flexibility index (Phi) is 5.64. The maximum atomic E-state index is 11.8. The van der Waals surface area contributed by atoms with Gasteiger partial charge in [0.2, 0.25) is 10.0 Å². The third kappa shape index (κ3) is 4.31. The van der Waals surface area contributed by atoms with Gasteiger partial charge in [0.25, 0.3) is 0 Å². The van der Waals surface area contributed by atoms with E-state index in [1.54, 1.807) is 13.8 Å². The number of hydrogen-bond donors (Lipinski definition) is 2. The molecule has 1 fully saturated rings. The van der Waals surface area contributed by atoms with Gasteiger partial charge in [0.15, 0.2) is 0 Å². The minimum absolute atomic E-state index is 0.136. The van der Waals surface area contributed by atoms with Crippen LogP contribution in [0.2, 0.25) is 0 Å². The predicted octanol–water partition coefficient (Wildman–Crippen LogP) is 2.75. The quantitative estimate of drug-likeness (QED) is 0.845. The van der Waals surface area contributed by atoms with Crippen LogP contribution in [0.4, 0.5) is 0 Å². The predicted molar refractivity (Wildman–Crippen MR) is 89.5 cm³/mol. The fourth-order valence-electron chi connectivity index (χ4n) is 2.88. The molecular weight excluding hydrogens is 298 g/mol. The van der Waals surface area contributed by atoms with Crippen LogP contribution in [0.5, 0.6) is 0 Å². The molecule has 1 aromatic carbocycles. The third-order valence-electron chi connectivity index (χ3n) is 4.59. The number of hydrogen-bond acceptors (Lipinski definition) is 3. The van der Waals surface area contributed by atoms with Gasteiger partial charge in [-0.1, -0.05) is 31.2 Å². The molecular formula is C17H27NO3S. The first kappa shape index (κ1) is 17.4. The van der Waals surface area contributed by atoms with Crippen LogP contribution in [0, 0.1) is 0 Å². The molecule has 0 amide bonds. The largest absolute Gasteiger partial charge is 0.393 e. The smallest absolute Gasteiger partial charge is 0.213 e. The van der Waals surface area contributed by atoms with Crippen molar-refractivity contribution in [3.8, 4) is 0 Å². The Bertz CT molecular complexity index is 580. The van der Waals surface area contributed by atoms with E-state index in [-0.39, 0.29) is 12.0 Å². The molecule has 1 aromatic rings. The average Bonchev–Trinajstić information content (AvgIpc) is 2.91. The molecule has 124 valence electrons. The molecule has 0 bridgehead atoms. The number of benzene rings is 1. The molecule has 2 N–H and O–H groups in total. The van der Waals surface area contributed by atoms with Crippen molar-refractivity contribution in [2.45, 2.75) is 63.2 Å². The lowest BCUT2D eigenvalue weighted by atomic mass is 9.93. The summed E-state index contributed by atoms with van der Waals surface area (Å²) in [7, 11) is -3.21. The van der Waals surface area contributed by atoms with Gasteiger partial charge in [-0.25, -0.2) is 13.1 Å². The Balaban J connectivity index is 1.95. The van der Waals surface area contributed by atoms with Gasteiger partial charge in [-0.3, -0.25) is 0 Å². The van der Waals surface area contributed by atoms with Crippen LogP contribution in [0.1, 0.15) is 63.0 Å². The van der Waals surface area contributed by atoms with Crippen LogP contribution >= 0.6 is 0 Å². The van der Waals surface area contributed by atoms with E-state index >= 15 is 0 Å². The molecule has 1 aliphatic rings. The number of nitrogens with one attached hydrogen (secondary N) is 1. The van der Waals surface area contributed by atoms with Crippen molar-refractivity contribution in [1.29, 1.82) is 0 Å². The zero-order valence-corrected chi connectivity index (χ0v) is 14.4. The summed E-state index contributed by atoms with van der Waals surface area (Å²) >= 11 is 0. The van der Waals surface area contributed by atoms with E-state index in [0.29, 0.717) is 12.5 Å². The topological polar surface area (TPSA) is 66.4 Å². The third-order valence-corrected chi connectivity index (χ3v) is 6.40. The molecule has 0 saturated heterocycles. The second-order valence-corrected chi connectivity index (χ2v) is 9.00. The summed E-state index contributed by atoms with van der Waals surface area (Å²) < 4.78 is 26.3. The molecule has 5 heteroatoms. The van der Waals surface area contributed by atoms with Crippen molar-refractivity contribution in [1.82, 2.24) is 4.72 Å². The first-order valence-corrected chi connectivity index (χ1v) is 9.60. The minimum atomic E-state index is -3.21. The van der Waals surface area contributed by atoms with Crippen molar-refractivity contribution < 1.29 is 13.5 Å². The van der Waals surface area contributed by atoms with Gasteiger partial charge in [-0.05, 0) is 56.1 Å². The summed E-state index contributed by atoms with van der Waals surface area (Å²) in [5.74, 6) is 0.593. The van der Waals surface area contributed by atoms with E-state index in [0.717, 1.165) is 24.8 Å². The van der Waals surface area contributed by atoms with E-state index in [1.165, 1.54) is 5.56 Å². The Morgan fingerprint density at radius 1 is 1.18 bits per heavy atom.